The zero-order chi connectivity index (χ0) is 18.4. The maximum atomic E-state index is 12.2. The third kappa shape index (κ3) is 3.08. The maximum Gasteiger partial charge on any atom is 0.139 e. The summed E-state index contributed by atoms with van der Waals surface area (Å²) in [4.78, 5) is 12.2. The lowest BCUT2D eigenvalue weighted by Gasteiger charge is -2.27. The Hall–Kier alpha value is -1.36. The number of fused-ring (bicyclic) bond motifs is 2. The number of aromatic nitrogens is 1. The average Bonchev–Trinajstić information content (AvgIpc) is 3.00. The van der Waals surface area contributed by atoms with Crippen LogP contribution in [0.1, 0.15) is 37.5 Å². The summed E-state index contributed by atoms with van der Waals surface area (Å²) in [6.07, 6.45) is 2.71. The lowest BCUT2D eigenvalue weighted by Crippen LogP contribution is -2.31. The summed E-state index contributed by atoms with van der Waals surface area (Å²) in [6, 6.07) is 5.36. The summed E-state index contributed by atoms with van der Waals surface area (Å²) in [5.74, 6) is 1.91. The molecular formula is C20H21Cl2NO3. The molecule has 2 aromatic rings. The molecule has 0 amide bonds. The van der Waals surface area contributed by atoms with Crippen molar-refractivity contribution in [3.8, 4) is 11.3 Å². The Bertz CT molecular complexity index is 827. The summed E-state index contributed by atoms with van der Waals surface area (Å²) < 4.78 is 11.6. The smallest absolute Gasteiger partial charge is 0.139 e. The van der Waals surface area contributed by atoms with E-state index in [1.165, 1.54) is 0 Å². The van der Waals surface area contributed by atoms with Crippen molar-refractivity contribution in [2.24, 2.45) is 17.8 Å². The van der Waals surface area contributed by atoms with Crippen LogP contribution in [-0.2, 0) is 16.1 Å². The van der Waals surface area contributed by atoms with Crippen LogP contribution in [0.4, 0.5) is 0 Å². The number of hydrogen-bond acceptors (Lipinski definition) is 4. The SMILES string of the molecule is Cc1onc(-c2c(Cl)cccc2Cl)c1CO[C@H]1C[C@H]2C[C@H](C)[C@@H](C1)C2=O. The van der Waals surface area contributed by atoms with Crippen molar-refractivity contribution in [3.05, 3.63) is 39.6 Å². The van der Waals surface area contributed by atoms with Gasteiger partial charge in [-0.25, -0.2) is 0 Å². The Morgan fingerprint density at radius 2 is 1.96 bits per heavy atom. The molecule has 2 aliphatic carbocycles. The molecule has 0 spiro atoms. The van der Waals surface area contributed by atoms with E-state index in [1.54, 1.807) is 18.2 Å². The molecule has 0 saturated heterocycles. The molecule has 0 radical (unpaired) electrons. The van der Waals surface area contributed by atoms with Crippen molar-refractivity contribution in [2.75, 3.05) is 0 Å². The van der Waals surface area contributed by atoms with E-state index in [-0.39, 0.29) is 17.9 Å². The van der Waals surface area contributed by atoms with Crippen LogP contribution in [0.5, 0.6) is 0 Å². The Balaban J connectivity index is 1.54. The first-order valence-corrected chi connectivity index (χ1v) is 9.76. The number of rotatable bonds is 4. The first-order chi connectivity index (χ1) is 12.5. The first-order valence-electron chi connectivity index (χ1n) is 9.00. The lowest BCUT2D eigenvalue weighted by molar-refractivity contribution is -0.130. The van der Waals surface area contributed by atoms with Crippen LogP contribution < -0.4 is 0 Å². The number of carbonyl (C=O) groups is 1. The number of benzene rings is 1. The first kappa shape index (κ1) is 18.0. The Labute approximate surface area is 162 Å². The van der Waals surface area contributed by atoms with Crippen molar-refractivity contribution in [2.45, 2.75) is 45.8 Å². The molecule has 1 heterocycles. The number of carbonyl (C=O) groups excluding carboxylic acids is 1. The largest absolute Gasteiger partial charge is 0.373 e. The van der Waals surface area contributed by atoms with E-state index in [0.29, 0.717) is 45.4 Å². The van der Waals surface area contributed by atoms with Crippen molar-refractivity contribution in [1.82, 2.24) is 5.16 Å². The van der Waals surface area contributed by atoms with Crippen LogP contribution in [0.15, 0.2) is 22.7 Å². The van der Waals surface area contributed by atoms with Gasteiger partial charge in [0.1, 0.15) is 17.2 Å². The quantitative estimate of drug-likeness (QED) is 0.689. The van der Waals surface area contributed by atoms with E-state index < -0.39 is 0 Å². The molecule has 138 valence electrons. The second-order valence-corrected chi connectivity index (χ2v) is 8.30. The van der Waals surface area contributed by atoms with Gasteiger partial charge in [0.2, 0.25) is 0 Å². The Kier molecular flexibility index (Phi) is 4.84. The van der Waals surface area contributed by atoms with Crippen LogP contribution in [0, 0.1) is 24.7 Å². The van der Waals surface area contributed by atoms with Crippen LogP contribution in [-0.4, -0.2) is 17.0 Å². The zero-order valence-electron chi connectivity index (χ0n) is 14.8. The molecule has 2 fully saturated rings. The highest BCUT2D eigenvalue weighted by Gasteiger charge is 2.46. The van der Waals surface area contributed by atoms with Crippen molar-refractivity contribution in [1.29, 1.82) is 0 Å². The monoisotopic (exact) mass is 393 g/mol. The predicted octanol–water partition coefficient (Wildman–Crippen LogP) is 5.48. The molecule has 2 aliphatic rings. The van der Waals surface area contributed by atoms with Crippen molar-refractivity contribution < 1.29 is 14.1 Å². The molecule has 6 heteroatoms. The van der Waals surface area contributed by atoms with Gasteiger partial charge in [0.15, 0.2) is 0 Å². The molecule has 2 saturated carbocycles. The number of aryl methyl sites for hydroxylation is 1. The normalized spacial score (nSPS) is 27.9. The molecule has 0 aliphatic heterocycles. The van der Waals surface area contributed by atoms with Crippen molar-refractivity contribution >= 4 is 29.0 Å². The van der Waals surface area contributed by atoms with E-state index in [1.807, 2.05) is 6.92 Å². The minimum Gasteiger partial charge on any atom is -0.373 e. The molecule has 26 heavy (non-hydrogen) atoms. The van der Waals surface area contributed by atoms with E-state index >= 15 is 0 Å². The molecule has 1 aromatic heterocycles. The molecule has 4 rings (SSSR count). The van der Waals surface area contributed by atoms with Gasteiger partial charge in [-0.15, -0.1) is 0 Å². The van der Waals surface area contributed by atoms with Crippen LogP contribution in [0.3, 0.4) is 0 Å². The third-order valence-electron chi connectivity index (χ3n) is 5.82. The van der Waals surface area contributed by atoms with Crippen LogP contribution in [0.25, 0.3) is 11.3 Å². The topological polar surface area (TPSA) is 52.3 Å². The fourth-order valence-electron chi connectivity index (χ4n) is 4.39. The fourth-order valence-corrected chi connectivity index (χ4v) is 4.97. The molecule has 2 bridgehead atoms. The van der Waals surface area contributed by atoms with Gasteiger partial charge in [0.05, 0.1) is 22.8 Å². The minimum absolute atomic E-state index is 0.0940. The second-order valence-electron chi connectivity index (χ2n) is 7.49. The standard InChI is InChI=1S/C20H21Cl2NO3/c1-10-6-12-7-13(8-14(10)20(12)24)25-9-15-11(2)26-23-19(15)18-16(21)4-3-5-17(18)22/h3-5,10,12-14H,6-9H2,1-2H3/t10-,12+,13-,14+/m0/s1. The average molecular weight is 394 g/mol. The van der Waals surface area contributed by atoms with Crippen LogP contribution in [0.2, 0.25) is 10.0 Å². The van der Waals surface area contributed by atoms with Gasteiger partial charge in [-0.1, -0.05) is 41.3 Å². The predicted molar refractivity (Wildman–Crippen MR) is 100 cm³/mol. The number of hydrogen-bond donors (Lipinski definition) is 0. The van der Waals surface area contributed by atoms with Gasteiger partial charge in [-0.2, -0.15) is 0 Å². The summed E-state index contributed by atoms with van der Waals surface area (Å²) in [7, 11) is 0. The summed E-state index contributed by atoms with van der Waals surface area (Å²) in [6.45, 7) is 4.40. The number of nitrogens with zero attached hydrogens (tertiary/aromatic N) is 1. The number of halogens is 2. The molecule has 0 unspecified atom stereocenters. The van der Waals surface area contributed by atoms with E-state index in [4.69, 9.17) is 32.5 Å². The van der Waals surface area contributed by atoms with Gasteiger partial charge in [-0.05, 0) is 44.2 Å². The fraction of sp³-hybridized carbons (Fsp3) is 0.500. The number of ether oxygens (including phenoxy) is 1. The highest BCUT2D eigenvalue weighted by molar-refractivity contribution is 6.39. The number of ketones is 1. The minimum atomic E-state index is 0.0940. The highest BCUT2D eigenvalue weighted by Crippen LogP contribution is 2.44. The second kappa shape index (κ2) is 6.99. The maximum absolute atomic E-state index is 12.2. The molecule has 4 nitrogen and oxygen atoms in total. The van der Waals surface area contributed by atoms with Crippen molar-refractivity contribution in [3.63, 3.8) is 0 Å². The van der Waals surface area contributed by atoms with E-state index in [2.05, 4.69) is 12.1 Å². The summed E-state index contributed by atoms with van der Waals surface area (Å²) >= 11 is 12.7. The number of Topliss-reactive ketones (excluding diaryl/α,β-unsaturated/α-hetero) is 1. The van der Waals surface area contributed by atoms with Gasteiger partial charge in [0.25, 0.3) is 0 Å². The molecule has 1 aromatic carbocycles. The summed E-state index contributed by atoms with van der Waals surface area (Å²) in [5.41, 5.74) is 2.15. The van der Waals surface area contributed by atoms with Gasteiger partial charge >= 0.3 is 0 Å². The van der Waals surface area contributed by atoms with Crippen LogP contribution >= 0.6 is 23.2 Å². The third-order valence-corrected chi connectivity index (χ3v) is 6.45. The zero-order valence-corrected chi connectivity index (χ0v) is 16.3. The van der Waals surface area contributed by atoms with Gasteiger partial charge < -0.3 is 9.26 Å². The molecule has 0 N–H and O–H groups in total. The Morgan fingerprint density at radius 1 is 1.23 bits per heavy atom. The Morgan fingerprint density at radius 3 is 2.65 bits per heavy atom. The van der Waals surface area contributed by atoms with E-state index in [0.717, 1.165) is 24.8 Å². The van der Waals surface area contributed by atoms with Gasteiger partial charge in [0, 0.05) is 23.0 Å². The molecule has 4 atom stereocenters. The van der Waals surface area contributed by atoms with Gasteiger partial charge in [-0.3, -0.25) is 4.79 Å². The van der Waals surface area contributed by atoms with E-state index in [9.17, 15) is 4.79 Å². The highest BCUT2D eigenvalue weighted by atomic mass is 35.5. The summed E-state index contributed by atoms with van der Waals surface area (Å²) in [5, 5.41) is 5.22. The lowest BCUT2D eigenvalue weighted by atomic mass is 9.84. The molecular weight excluding hydrogens is 373 g/mol.